The molecule has 5 aromatic heterocycles. The van der Waals surface area contributed by atoms with E-state index in [1.165, 1.54) is 26.2 Å². The van der Waals surface area contributed by atoms with Crippen LogP contribution in [0, 0.1) is 11.3 Å². The average molecular weight is 527 g/mol. The van der Waals surface area contributed by atoms with Crippen molar-refractivity contribution in [2.45, 2.75) is 25.6 Å². The Labute approximate surface area is 221 Å². The first-order valence-electron chi connectivity index (χ1n) is 11.8. The minimum Gasteiger partial charge on any atom is -0.387 e. The largest absolute Gasteiger partial charge is 0.387 e. The van der Waals surface area contributed by atoms with E-state index < -0.39 is 17.7 Å². The molecular formula is C26H23FN10O2. The van der Waals surface area contributed by atoms with Crippen molar-refractivity contribution in [1.29, 1.82) is 5.26 Å². The van der Waals surface area contributed by atoms with Gasteiger partial charge in [0.15, 0.2) is 5.82 Å². The molecule has 0 spiro atoms. The monoisotopic (exact) mass is 526 g/mol. The van der Waals surface area contributed by atoms with E-state index in [1.54, 1.807) is 53.6 Å². The van der Waals surface area contributed by atoms with E-state index in [1.807, 2.05) is 0 Å². The molecule has 1 atom stereocenters. The van der Waals surface area contributed by atoms with Crippen molar-refractivity contribution in [2.75, 3.05) is 11.9 Å². The van der Waals surface area contributed by atoms with Gasteiger partial charge in [0.1, 0.15) is 12.2 Å². The van der Waals surface area contributed by atoms with Crippen molar-refractivity contribution >= 4 is 22.8 Å². The fourth-order valence-corrected chi connectivity index (χ4v) is 3.73. The smallest absolute Gasteiger partial charge is 0.255 e. The molecule has 0 fully saturated rings. The lowest BCUT2D eigenvalue weighted by atomic mass is 10.0. The van der Waals surface area contributed by atoms with Crippen molar-refractivity contribution < 1.29 is 14.3 Å². The molecule has 5 aromatic rings. The number of fused-ring (bicyclic) bond motifs is 1. The van der Waals surface area contributed by atoms with Crippen LogP contribution in [-0.2, 0) is 0 Å². The number of hydrogen-bond donors (Lipinski definition) is 4. The Kier molecular flexibility index (Phi) is 6.70. The number of nitrogens with one attached hydrogen (secondary N) is 3. The van der Waals surface area contributed by atoms with Crippen LogP contribution in [0.1, 0.15) is 29.8 Å². The first kappa shape index (κ1) is 25.4. The highest BCUT2D eigenvalue weighted by Crippen LogP contribution is 2.28. The van der Waals surface area contributed by atoms with Crippen LogP contribution >= 0.6 is 0 Å². The lowest BCUT2D eigenvalue weighted by molar-refractivity contribution is -0.00177. The molecule has 39 heavy (non-hydrogen) atoms. The summed E-state index contributed by atoms with van der Waals surface area (Å²) in [6.45, 7) is 2.27. The number of nitriles is 1. The summed E-state index contributed by atoms with van der Waals surface area (Å²) >= 11 is 0. The Bertz CT molecular complexity index is 1670. The van der Waals surface area contributed by atoms with Gasteiger partial charge in [-0.25, -0.2) is 18.9 Å². The van der Waals surface area contributed by atoms with Crippen molar-refractivity contribution in [2.24, 2.45) is 0 Å². The molecule has 0 unspecified atom stereocenters. The predicted octanol–water partition coefficient (Wildman–Crippen LogP) is 3.03. The zero-order valence-corrected chi connectivity index (χ0v) is 20.9. The standard InChI is InChI=1S/C26H23FN10O2/c1-26(2,39)23(27)14-32-25(38)19-13-29-21(22-4-3-18-5-15(7-28)8-35-37(18)22)6-20(19)36-17-11-30-24(31-12-17)16-9-33-34-10-16/h3-6,8-13,23,39H,14H2,1-2H3,(H,29,36)(H,32,38)(H,33,34)/t23-/m1/s1. The SMILES string of the molecule is CC(C)(O)[C@H](F)CNC(=O)c1cnc(-c2ccc3cc(C#N)cnn23)cc1Nc1cnc(-c2cn[nH]c2)nc1. The van der Waals surface area contributed by atoms with E-state index >= 15 is 0 Å². The van der Waals surface area contributed by atoms with Crippen molar-refractivity contribution in [1.82, 2.24) is 40.1 Å². The second-order valence-electron chi connectivity index (χ2n) is 9.26. The van der Waals surface area contributed by atoms with Crippen molar-refractivity contribution in [3.8, 4) is 28.8 Å². The first-order chi connectivity index (χ1) is 18.7. The molecule has 0 bridgehead atoms. The second-order valence-corrected chi connectivity index (χ2v) is 9.26. The summed E-state index contributed by atoms with van der Waals surface area (Å²) in [5.41, 5.74) is 2.33. The predicted molar refractivity (Wildman–Crippen MR) is 140 cm³/mol. The van der Waals surface area contributed by atoms with Crippen molar-refractivity contribution in [3.63, 3.8) is 0 Å². The Morgan fingerprint density at radius 1 is 1.18 bits per heavy atom. The topological polar surface area (TPSA) is 170 Å². The number of aliphatic hydroxyl groups is 1. The van der Waals surface area contributed by atoms with Gasteiger partial charge in [0, 0.05) is 12.4 Å². The average Bonchev–Trinajstić information content (AvgIpc) is 3.61. The summed E-state index contributed by atoms with van der Waals surface area (Å²) in [7, 11) is 0. The number of halogens is 1. The number of amides is 1. The minimum absolute atomic E-state index is 0.140. The molecular weight excluding hydrogens is 503 g/mol. The summed E-state index contributed by atoms with van der Waals surface area (Å²) in [5, 5.41) is 35.6. The summed E-state index contributed by atoms with van der Waals surface area (Å²) in [4.78, 5) is 26.2. The Morgan fingerprint density at radius 3 is 2.67 bits per heavy atom. The molecule has 1 amide bonds. The lowest BCUT2D eigenvalue weighted by Gasteiger charge is -2.22. The van der Waals surface area contributed by atoms with Gasteiger partial charge >= 0.3 is 0 Å². The summed E-state index contributed by atoms with van der Waals surface area (Å²) < 4.78 is 15.9. The van der Waals surface area contributed by atoms with Gasteiger partial charge in [-0.15, -0.1) is 0 Å². The Morgan fingerprint density at radius 2 is 1.97 bits per heavy atom. The molecule has 13 heteroatoms. The first-order valence-corrected chi connectivity index (χ1v) is 11.8. The molecule has 0 radical (unpaired) electrons. The number of aromatic nitrogens is 7. The number of H-pyrrole nitrogens is 1. The quantitative estimate of drug-likeness (QED) is 0.237. The van der Waals surface area contributed by atoms with Gasteiger partial charge < -0.3 is 15.7 Å². The number of anilines is 2. The summed E-state index contributed by atoms with van der Waals surface area (Å²) in [5.74, 6) is -0.123. The van der Waals surface area contributed by atoms with E-state index in [2.05, 4.69) is 47.0 Å². The number of aromatic amines is 1. The summed E-state index contributed by atoms with van der Waals surface area (Å²) in [6, 6.07) is 9.02. The number of carbonyl (C=O) groups excluding carboxylic acids is 1. The maximum atomic E-state index is 14.3. The van der Waals surface area contributed by atoms with Crippen LogP contribution in [0.2, 0.25) is 0 Å². The number of pyridine rings is 1. The van der Waals surface area contributed by atoms with E-state index in [4.69, 9.17) is 5.26 Å². The third-order valence-corrected chi connectivity index (χ3v) is 5.94. The van der Waals surface area contributed by atoms with Gasteiger partial charge in [-0.05, 0) is 38.1 Å². The fourth-order valence-electron chi connectivity index (χ4n) is 3.73. The van der Waals surface area contributed by atoms with Crippen molar-refractivity contribution in [3.05, 3.63) is 72.6 Å². The highest BCUT2D eigenvalue weighted by molar-refractivity contribution is 6.00. The van der Waals surface area contributed by atoms with Crippen LogP contribution < -0.4 is 10.6 Å². The van der Waals surface area contributed by atoms with Gasteiger partial charge in [-0.3, -0.25) is 14.9 Å². The van der Waals surface area contributed by atoms with E-state index in [0.717, 1.165) is 0 Å². The number of nitrogens with zero attached hydrogens (tertiary/aromatic N) is 7. The molecule has 4 N–H and O–H groups in total. The molecule has 0 saturated carbocycles. The molecule has 12 nitrogen and oxygen atoms in total. The fraction of sp³-hybridized carbons (Fsp3) is 0.192. The normalized spacial score (nSPS) is 12.2. The third kappa shape index (κ3) is 5.41. The maximum absolute atomic E-state index is 14.3. The second kappa shape index (κ2) is 10.3. The number of carbonyl (C=O) groups is 1. The van der Waals surface area contributed by atoms with Gasteiger partial charge in [-0.1, -0.05) is 0 Å². The van der Waals surface area contributed by atoms with E-state index in [0.29, 0.717) is 45.2 Å². The van der Waals surface area contributed by atoms with E-state index in [-0.39, 0.29) is 12.1 Å². The zero-order valence-electron chi connectivity index (χ0n) is 20.9. The Hall–Kier alpha value is -5.22. The van der Waals surface area contributed by atoms with E-state index in [9.17, 15) is 14.3 Å². The Balaban J connectivity index is 1.49. The molecule has 0 saturated heterocycles. The number of alkyl halides is 1. The molecule has 0 aromatic carbocycles. The minimum atomic E-state index is -1.68. The van der Waals surface area contributed by atoms with Crippen LogP contribution in [0.25, 0.3) is 28.3 Å². The molecule has 5 rings (SSSR count). The van der Waals surface area contributed by atoms with Crippen LogP contribution in [-0.4, -0.2) is 64.1 Å². The molecule has 0 aliphatic carbocycles. The zero-order chi connectivity index (χ0) is 27.6. The van der Waals surface area contributed by atoms with Crippen LogP contribution in [0.15, 0.2) is 61.4 Å². The highest BCUT2D eigenvalue weighted by Gasteiger charge is 2.27. The van der Waals surface area contributed by atoms with Crippen LogP contribution in [0.4, 0.5) is 15.8 Å². The number of hydrogen-bond acceptors (Lipinski definition) is 9. The van der Waals surface area contributed by atoms with Gasteiger partial charge in [0.25, 0.3) is 5.91 Å². The van der Waals surface area contributed by atoms with Gasteiger partial charge in [0.2, 0.25) is 0 Å². The van der Waals surface area contributed by atoms with Gasteiger partial charge in [-0.2, -0.15) is 15.5 Å². The molecule has 196 valence electrons. The molecule has 0 aliphatic rings. The highest BCUT2D eigenvalue weighted by atomic mass is 19.1. The maximum Gasteiger partial charge on any atom is 0.255 e. The molecule has 0 aliphatic heterocycles. The number of rotatable bonds is 8. The lowest BCUT2D eigenvalue weighted by Crippen LogP contribution is -2.42. The third-order valence-electron chi connectivity index (χ3n) is 5.94. The summed E-state index contributed by atoms with van der Waals surface area (Å²) in [6.07, 6.45) is 7.52. The van der Waals surface area contributed by atoms with Crippen LogP contribution in [0.5, 0.6) is 0 Å². The molecule has 5 heterocycles. The van der Waals surface area contributed by atoms with Crippen LogP contribution in [0.3, 0.4) is 0 Å². The van der Waals surface area contributed by atoms with Gasteiger partial charge in [0.05, 0.1) is 81.9 Å².